The van der Waals surface area contributed by atoms with Crippen molar-refractivity contribution < 1.29 is 14.3 Å². The van der Waals surface area contributed by atoms with Gasteiger partial charge in [-0.15, -0.1) is 11.3 Å². The van der Waals surface area contributed by atoms with Gasteiger partial charge in [-0.3, -0.25) is 9.20 Å². The second kappa shape index (κ2) is 8.94. The lowest BCUT2D eigenvalue weighted by molar-refractivity contribution is 0.0529. The van der Waals surface area contributed by atoms with Crippen LogP contribution in [0.4, 0.5) is 5.00 Å². The number of rotatable bonds is 5. The summed E-state index contributed by atoms with van der Waals surface area (Å²) < 4.78 is 6.97. The van der Waals surface area contributed by atoms with Gasteiger partial charge in [0.05, 0.1) is 12.3 Å². The number of thiophene rings is 1. The van der Waals surface area contributed by atoms with Crippen LogP contribution in [-0.4, -0.2) is 27.9 Å². The van der Waals surface area contributed by atoms with Crippen LogP contribution in [0.3, 0.4) is 0 Å². The summed E-state index contributed by atoms with van der Waals surface area (Å²) in [6, 6.07) is 10.6. The van der Waals surface area contributed by atoms with Crippen LogP contribution in [0.25, 0.3) is 16.8 Å². The summed E-state index contributed by atoms with van der Waals surface area (Å²) in [4.78, 5) is 31.4. The van der Waals surface area contributed by atoms with Crippen LogP contribution in [0.2, 0.25) is 10.0 Å². The van der Waals surface area contributed by atoms with E-state index in [0.29, 0.717) is 43.2 Å². The normalized spacial score (nSPS) is 11.0. The maximum Gasteiger partial charge on any atom is 0.341 e. The van der Waals surface area contributed by atoms with Gasteiger partial charge in [0.2, 0.25) is 0 Å². The highest BCUT2D eigenvalue weighted by Crippen LogP contribution is 2.41. The van der Waals surface area contributed by atoms with Crippen molar-refractivity contribution in [1.29, 1.82) is 0 Å². The first-order valence-corrected chi connectivity index (χ1v) is 11.4. The van der Waals surface area contributed by atoms with Gasteiger partial charge >= 0.3 is 5.97 Å². The highest BCUT2D eigenvalue weighted by molar-refractivity contribution is 7.17. The number of esters is 1. The monoisotopic (exact) mass is 487 g/mol. The van der Waals surface area contributed by atoms with Gasteiger partial charge in [0.15, 0.2) is 0 Å². The van der Waals surface area contributed by atoms with Gasteiger partial charge in [-0.05, 0) is 44.5 Å². The molecule has 0 aliphatic rings. The Balaban J connectivity index is 1.79. The lowest BCUT2D eigenvalue weighted by atomic mass is 10.0. The first kappa shape index (κ1) is 22.3. The molecule has 0 atom stereocenters. The Kier molecular flexibility index (Phi) is 6.24. The van der Waals surface area contributed by atoms with Crippen molar-refractivity contribution in [3.05, 3.63) is 74.5 Å². The summed E-state index contributed by atoms with van der Waals surface area (Å²) in [6.07, 6.45) is 1.69. The summed E-state index contributed by atoms with van der Waals surface area (Å²) in [6.45, 7) is 5.61. The number of benzene rings is 1. The number of halogens is 2. The van der Waals surface area contributed by atoms with Crippen LogP contribution in [-0.2, 0) is 4.74 Å². The van der Waals surface area contributed by atoms with Crippen molar-refractivity contribution >= 4 is 57.1 Å². The third kappa shape index (κ3) is 4.11. The fourth-order valence-corrected chi connectivity index (χ4v) is 4.91. The molecule has 0 saturated heterocycles. The number of aryl methyl sites for hydroxylation is 2. The molecule has 0 saturated carbocycles. The van der Waals surface area contributed by atoms with Crippen molar-refractivity contribution in [1.82, 2.24) is 9.38 Å². The number of imidazole rings is 1. The van der Waals surface area contributed by atoms with E-state index in [4.69, 9.17) is 27.9 Å². The van der Waals surface area contributed by atoms with Crippen LogP contribution in [0.5, 0.6) is 0 Å². The molecular weight excluding hydrogens is 469 g/mol. The predicted octanol–water partition coefficient (Wildman–Crippen LogP) is 6.42. The Morgan fingerprint density at radius 2 is 1.84 bits per heavy atom. The molecule has 0 fully saturated rings. The number of nitrogens with zero attached hydrogens (tertiary/aromatic N) is 2. The van der Waals surface area contributed by atoms with Gasteiger partial charge in [0.25, 0.3) is 5.91 Å². The highest BCUT2D eigenvalue weighted by atomic mass is 35.5. The SMILES string of the molecule is CCOC(=O)c1c(NC(=O)c2c(C)nc3cc(Cl)ccn23)sc(C)c1-c1ccc(Cl)cc1. The number of anilines is 1. The molecule has 0 unspecified atom stereocenters. The third-order valence-corrected chi connectivity index (χ3v) is 6.41. The Bertz CT molecular complexity index is 1340. The Hall–Kier alpha value is -2.87. The van der Waals surface area contributed by atoms with Crippen LogP contribution in [0.1, 0.15) is 38.3 Å². The third-order valence-electron chi connectivity index (χ3n) is 4.90. The predicted molar refractivity (Wildman–Crippen MR) is 128 cm³/mol. The molecule has 3 aromatic heterocycles. The van der Waals surface area contributed by atoms with E-state index in [-0.39, 0.29) is 12.5 Å². The number of carbonyl (C=O) groups is 2. The van der Waals surface area contributed by atoms with Gasteiger partial charge in [0, 0.05) is 32.7 Å². The molecule has 1 N–H and O–H groups in total. The zero-order chi connectivity index (χ0) is 23.0. The molecule has 164 valence electrons. The summed E-state index contributed by atoms with van der Waals surface area (Å²) in [5.74, 6) is -0.884. The topological polar surface area (TPSA) is 72.7 Å². The number of hydrogen-bond acceptors (Lipinski definition) is 5. The minimum Gasteiger partial charge on any atom is -0.462 e. The molecule has 0 radical (unpaired) electrons. The minimum atomic E-state index is -0.501. The van der Waals surface area contributed by atoms with Crippen LogP contribution in [0.15, 0.2) is 42.6 Å². The molecule has 0 spiro atoms. The molecule has 0 aliphatic carbocycles. The van der Waals surface area contributed by atoms with Crippen LogP contribution in [0, 0.1) is 13.8 Å². The van der Waals surface area contributed by atoms with Gasteiger partial charge in [-0.1, -0.05) is 35.3 Å². The van der Waals surface area contributed by atoms with E-state index < -0.39 is 5.97 Å². The molecule has 3 heterocycles. The number of carbonyl (C=O) groups excluding carboxylic acids is 2. The summed E-state index contributed by atoms with van der Waals surface area (Å²) in [5.41, 5.74) is 3.32. The average Bonchev–Trinajstić information content (AvgIpc) is 3.23. The van der Waals surface area contributed by atoms with E-state index >= 15 is 0 Å². The highest BCUT2D eigenvalue weighted by Gasteiger charge is 2.27. The number of amides is 1. The van der Waals surface area contributed by atoms with E-state index in [1.165, 1.54) is 11.3 Å². The molecule has 1 aromatic carbocycles. The van der Waals surface area contributed by atoms with Crippen molar-refractivity contribution in [3.63, 3.8) is 0 Å². The molecule has 9 heteroatoms. The Morgan fingerprint density at radius 3 is 2.53 bits per heavy atom. The van der Waals surface area contributed by atoms with Crippen LogP contribution < -0.4 is 5.32 Å². The molecule has 6 nitrogen and oxygen atoms in total. The summed E-state index contributed by atoms with van der Waals surface area (Å²) in [5, 5.41) is 4.44. The van der Waals surface area contributed by atoms with Crippen molar-refractivity contribution in [2.45, 2.75) is 20.8 Å². The lowest BCUT2D eigenvalue weighted by Gasteiger charge is -2.10. The zero-order valence-corrected chi connectivity index (χ0v) is 19.9. The number of hydrogen-bond donors (Lipinski definition) is 1. The molecular formula is C23H19Cl2N3O3S. The molecule has 32 heavy (non-hydrogen) atoms. The van der Waals surface area contributed by atoms with E-state index in [1.807, 2.05) is 19.1 Å². The van der Waals surface area contributed by atoms with Crippen molar-refractivity contribution in [2.24, 2.45) is 0 Å². The standard InChI is InChI=1S/C23H19Cl2N3O3S/c1-4-31-23(30)19-18(14-5-7-15(24)8-6-14)13(3)32-22(19)27-21(29)20-12(2)26-17-11-16(25)9-10-28(17)20/h5-11H,4H2,1-3H3,(H,27,29). The largest absolute Gasteiger partial charge is 0.462 e. The summed E-state index contributed by atoms with van der Waals surface area (Å²) >= 11 is 13.4. The number of fused-ring (bicyclic) bond motifs is 1. The second-order valence-corrected chi connectivity index (χ2v) is 9.14. The van der Waals surface area contributed by atoms with Gasteiger partial charge < -0.3 is 10.1 Å². The number of aromatic nitrogens is 2. The molecule has 4 aromatic rings. The molecule has 0 bridgehead atoms. The van der Waals surface area contributed by atoms with Gasteiger partial charge in [-0.2, -0.15) is 0 Å². The Labute approximate surface area is 198 Å². The van der Waals surface area contributed by atoms with Crippen LogP contribution >= 0.6 is 34.5 Å². The smallest absolute Gasteiger partial charge is 0.341 e. The fourth-order valence-electron chi connectivity index (χ4n) is 3.57. The fraction of sp³-hybridized carbons (Fsp3) is 0.174. The minimum absolute atomic E-state index is 0.217. The average molecular weight is 488 g/mol. The van der Waals surface area contributed by atoms with Gasteiger partial charge in [-0.25, -0.2) is 9.78 Å². The number of nitrogens with one attached hydrogen (secondary N) is 1. The maximum absolute atomic E-state index is 13.3. The summed E-state index contributed by atoms with van der Waals surface area (Å²) in [7, 11) is 0. The van der Waals surface area contributed by atoms with E-state index in [0.717, 1.165) is 10.4 Å². The first-order valence-electron chi connectivity index (χ1n) is 9.82. The van der Waals surface area contributed by atoms with Crippen molar-refractivity contribution in [3.8, 4) is 11.1 Å². The maximum atomic E-state index is 13.3. The van der Waals surface area contributed by atoms with Gasteiger partial charge in [0.1, 0.15) is 21.9 Å². The molecule has 4 rings (SSSR count). The van der Waals surface area contributed by atoms with E-state index in [9.17, 15) is 9.59 Å². The van der Waals surface area contributed by atoms with E-state index in [2.05, 4.69) is 10.3 Å². The second-order valence-electron chi connectivity index (χ2n) is 7.04. The van der Waals surface area contributed by atoms with Crippen molar-refractivity contribution in [2.75, 3.05) is 11.9 Å². The zero-order valence-electron chi connectivity index (χ0n) is 17.5. The first-order chi connectivity index (χ1) is 15.3. The quantitative estimate of drug-likeness (QED) is 0.329. The number of pyridine rings is 1. The molecule has 1 amide bonds. The lowest BCUT2D eigenvalue weighted by Crippen LogP contribution is -2.17. The number of ether oxygens (including phenoxy) is 1. The Morgan fingerprint density at radius 1 is 1.12 bits per heavy atom. The molecule has 0 aliphatic heterocycles. The van der Waals surface area contributed by atoms with E-state index in [1.54, 1.807) is 48.7 Å².